The molecule has 82 valence electrons. The van der Waals surface area contributed by atoms with E-state index in [-0.39, 0.29) is 18.0 Å². The fourth-order valence-corrected chi connectivity index (χ4v) is 3.32. The van der Waals surface area contributed by atoms with Gasteiger partial charge in [-0.2, -0.15) is 0 Å². The number of carbonyl (C=O) groups is 2. The minimum absolute atomic E-state index is 0.114. The molecule has 2 bridgehead atoms. The van der Waals surface area contributed by atoms with Crippen LogP contribution >= 0.6 is 0 Å². The fraction of sp³-hybridized carbons (Fsp3) is 0.800. The Bertz CT molecular complexity index is 344. The molecule has 0 aromatic heterocycles. The van der Waals surface area contributed by atoms with Crippen LogP contribution in [0.1, 0.15) is 25.7 Å². The van der Waals surface area contributed by atoms with Crippen molar-refractivity contribution in [3.05, 3.63) is 0 Å². The van der Waals surface area contributed by atoms with Gasteiger partial charge in [-0.15, -0.1) is 0 Å². The number of fused-ring (bicyclic) bond motifs is 3. The summed E-state index contributed by atoms with van der Waals surface area (Å²) in [6.07, 6.45) is 4.03. The van der Waals surface area contributed by atoms with Crippen LogP contribution in [-0.4, -0.2) is 41.5 Å². The van der Waals surface area contributed by atoms with Gasteiger partial charge in [0.15, 0.2) is 0 Å². The smallest absolute Gasteiger partial charge is 0.311 e. The molecule has 5 heteroatoms. The molecule has 3 amide bonds. The molecule has 1 spiro atoms. The van der Waals surface area contributed by atoms with Crippen molar-refractivity contribution in [2.45, 2.75) is 43.3 Å². The summed E-state index contributed by atoms with van der Waals surface area (Å²) in [6.45, 7) is 0. The lowest BCUT2D eigenvalue weighted by Gasteiger charge is -2.33. The van der Waals surface area contributed by atoms with Gasteiger partial charge in [0.2, 0.25) is 0 Å². The molecule has 0 aromatic carbocycles. The van der Waals surface area contributed by atoms with E-state index in [1.54, 1.807) is 11.9 Å². The van der Waals surface area contributed by atoms with Crippen molar-refractivity contribution in [2.75, 3.05) is 7.05 Å². The SMILES string of the molecule is CN1C(=O)NC(=O)C12CC1CCCC2N1. The minimum Gasteiger partial charge on any atom is -0.311 e. The number of amides is 3. The van der Waals surface area contributed by atoms with Crippen molar-refractivity contribution in [3.63, 3.8) is 0 Å². The number of nitrogens with zero attached hydrogens (tertiary/aromatic N) is 1. The number of piperidine rings is 1. The zero-order chi connectivity index (χ0) is 10.6. The molecule has 3 fully saturated rings. The summed E-state index contributed by atoms with van der Waals surface area (Å²) in [7, 11) is 1.72. The molecule has 3 atom stereocenters. The van der Waals surface area contributed by atoms with Crippen LogP contribution in [0, 0.1) is 0 Å². The van der Waals surface area contributed by atoms with E-state index in [4.69, 9.17) is 0 Å². The number of rotatable bonds is 0. The maximum Gasteiger partial charge on any atom is 0.324 e. The van der Waals surface area contributed by atoms with Crippen molar-refractivity contribution in [1.82, 2.24) is 15.5 Å². The monoisotopic (exact) mass is 209 g/mol. The molecule has 3 saturated heterocycles. The normalized spacial score (nSPS) is 43.9. The second-order valence-electron chi connectivity index (χ2n) is 4.79. The summed E-state index contributed by atoms with van der Waals surface area (Å²) >= 11 is 0. The minimum atomic E-state index is -0.599. The Hall–Kier alpha value is -1.10. The fourth-order valence-electron chi connectivity index (χ4n) is 3.32. The van der Waals surface area contributed by atoms with Crippen LogP contribution in [0.15, 0.2) is 0 Å². The molecule has 2 N–H and O–H groups in total. The topological polar surface area (TPSA) is 61.4 Å². The van der Waals surface area contributed by atoms with E-state index in [1.807, 2.05) is 0 Å². The van der Waals surface area contributed by atoms with Crippen LogP contribution in [0.3, 0.4) is 0 Å². The number of imide groups is 1. The molecular weight excluding hydrogens is 194 g/mol. The van der Waals surface area contributed by atoms with Gasteiger partial charge in [0.05, 0.1) is 0 Å². The molecule has 15 heavy (non-hydrogen) atoms. The summed E-state index contributed by atoms with van der Waals surface area (Å²) < 4.78 is 0. The standard InChI is InChI=1S/C10H15N3O2/c1-13-9(15)12-8(14)10(13)5-6-3-2-4-7(10)11-6/h6-7,11H,2-5H2,1H3,(H,12,14,15). The van der Waals surface area contributed by atoms with Gasteiger partial charge in [-0.3, -0.25) is 10.1 Å². The highest BCUT2D eigenvalue weighted by Crippen LogP contribution is 2.40. The van der Waals surface area contributed by atoms with Gasteiger partial charge < -0.3 is 10.2 Å². The molecule has 3 heterocycles. The lowest BCUT2D eigenvalue weighted by atomic mass is 9.88. The summed E-state index contributed by atoms with van der Waals surface area (Å²) in [6, 6.07) is 0.296. The van der Waals surface area contributed by atoms with E-state index in [0.717, 1.165) is 25.7 Å². The lowest BCUT2D eigenvalue weighted by Crippen LogP contribution is -2.56. The summed E-state index contributed by atoms with van der Waals surface area (Å²) in [5.74, 6) is -0.114. The van der Waals surface area contributed by atoms with Gasteiger partial charge in [0.1, 0.15) is 5.54 Å². The Labute approximate surface area is 88.2 Å². The van der Waals surface area contributed by atoms with E-state index < -0.39 is 5.54 Å². The quantitative estimate of drug-likeness (QED) is 0.544. The number of urea groups is 1. The first-order valence-electron chi connectivity index (χ1n) is 5.50. The van der Waals surface area contributed by atoms with Crippen molar-refractivity contribution >= 4 is 11.9 Å². The molecule has 3 aliphatic heterocycles. The lowest BCUT2D eigenvalue weighted by molar-refractivity contribution is -0.126. The van der Waals surface area contributed by atoms with Gasteiger partial charge in [-0.25, -0.2) is 4.79 Å². The summed E-state index contributed by atoms with van der Waals surface area (Å²) in [5, 5.41) is 5.87. The molecule has 0 radical (unpaired) electrons. The van der Waals surface area contributed by atoms with Gasteiger partial charge in [-0.1, -0.05) is 6.42 Å². The Morgan fingerprint density at radius 3 is 2.80 bits per heavy atom. The molecular formula is C10H15N3O2. The molecule has 3 aliphatic rings. The van der Waals surface area contributed by atoms with Gasteiger partial charge in [0.25, 0.3) is 5.91 Å². The van der Waals surface area contributed by atoms with E-state index in [1.165, 1.54) is 0 Å². The van der Waals surface area contributed by atoms with Crippen molar-refractivity contribution in [3.8, 4) is 0 Å². The van der Waals surface area contributed by atoms with E-state index >= 15 is 0 Å². The van der Waals surface area contributed by atoms with Crippen molar-refractivity contribution in [2.24, 2.45) is 0 Å². The first-order chi connectivity index (χ1) is 7.14. The predicted molar refractivity (Wildman–Crippen MR) is 53.2 cm³/mol. The number of hydrogen-bond donors (Lipinski definition) is 2. The average Bonchev–Trinajstić information content (AvgIpc) is 2.60. The second kappa shape index (κ2) is 2.72. The van der Waals surface area contributed by atoms with Crippen LogP contribution in [0.25, 0.3) is 0 Å². The maximum atomic E-state index is 11.9. The van der Waals surface area contributed by atoms with Crippen LogP contribution < -0.4 is 10.6 Å². The molecule has 0 aromatic rings. The zero-order valence-electron chi connectivity index (χ0n) is 8.75. The zero-order valence-corrected chi connectivity index (χ0v) is 8.75. The molecule has 5 nitrogen and oxygen atoms in total. The van der Waals surface area contributed by atoms with Crippen molar-refractivity contribution < 1.29 is 9.59 Å². The maximum absolute atomic E-state index is 11.9. The molecule has 3 rings (SSSR count). The van der Waals surface area contributed by atoms with Crippen LogP contribution in [0.4, 0.5) is 4.79 Å². The Morgan fingerprint density at radius 2 is 2.20 bits per heavy atom. The van der Waals surface area contributed by atoms with E-state index in [9.17, 15) is 9.59 Å². The second-order valence-corrected chi connectivity index (χ2v) is 4.79. The first kappa shape index (κ1) is 9.15. The Morgan fingerprint density at radius 1 is 1.40 bits per heavy atom. The Kier molecular flexibility index (Phi) is 1.66. The molecule has 0 saturated carbocycles. The van der Waals surface area contributed by atoms with Crippen LogP contribution in [-0.2, 0) is 4.79 Å². The van der Waals surface area contributed by atoms with Gasteiger partial charge in [-0.05, 0) is 19.3 Å². The predicted octanol–water partition coefficient (Wildman–Crippen LogP) is -0.179. The van der Waals surface area contributed by atoms with E-state index in [0.29, 0.717) is 6.04 Å². The van der Waals surface area contributed by atoms with E-state index in [2.05, 4.69) is 10.6 Å². The number of carbonyl (C=O) groups excluding carboxylic acids is 2. The van der Waals surface area contributed by atoms with Crippen molar-refractivity contribution in [1.29, 1.82) is 0 Å². The summed E-state index contributed by atoms with van der Waals surface area (Å²) in [5.41, 5.74) is -0.599. The third-order valence-electron chi connectivity index (χ3n) is 4.13. The van der Waals surface area contributed by atoms with Gasteiger partial charge >= 0.3 is 6.03 Å². The first-order valence-corrected chi connectivity index (χ1v) is 5.50. The highest BCUT2D eigenvalue weighted by molar-refractivity contribution is 6.07. The third kappa shape index (κ3) is 0.963. The molecule has 3 unspecified atom stereocenters. The Balaban J connectivity index is 2.02. The van der Waals surface area contributed by atoms with Gasteiger partial charge in [0, 0.05) is 19.1 Å². The number of hydrogen-bond acceptors (Lipinski definition) is 3. The van der Waals surface area contributed by atoms with Crippen LogP contribution in [0.5, 0.6) is 0 Å². The highest BCUT2D eigenvalue weighted by atomic mass is 16.2. The largest absolute Gasteiger partial charge is 0.324 e. The number of likely N-dealkylation sites (N-methyl/N-ethyl adjacent to an activating group) is 1. The third-order valence-corrected chi connectivity index (χ3v) is 4.13. The summed E-state index contributed by atoms with van der Waals surface area (Å²) in [4.78, 5) is 25.0. The highest BCUT2D eigenvalue weighted by Gasteiger charge is 2.61. The molecule has 0 aliphatic carbocycles. The average molecular weight is 209 g/mol. The van der Waals surface area contributed by atoms with Crippen LogP contribution in [0.2, 0.25) is 0 Å². The number of nitrogens with one attached hydrogen (secondary N) is 2.